The molecule has 0 unspecified atom stereocenters. The van der Waals surface area contributed by atoms with Gasteiger partial charge >= 0.3 is 0 Å². The first-order valence-electron chi connectivity index (χ1n) is 7.96. The van der Waals surface area contributed by atoms with Crippen molar-refractivity contribution in [1.82, 2.24) is 9.62 Å². The number of sulfonamides is 1. The first kappa shape index (κ1) is 19.9. The Balaban J connectivity index is 1.98. The van der Waals surface area contributed by atoms with Crippen LogP contribution in [0.1, 0.15) is 12.5 Å². The van der Waals surface area contributed by atoms with Crippen LogP contribution in [0.3, 0.4) is 0 Å². The van der Waals surface area contributed by atoms with E-state index in [1.165, 1.54) is 37.1 Å². The van der Waals surface area contributed by atoms with Gasteiger partial charge in [0.05, 0.1) is 12.0 Å². The van der Waals surface area contributed by atoms with Gasteiger partial charge in [-0.2, -0.15) is 0 Å². The number of carbonyl (C=O) groups excluding carboxylic acids is 1. The van der Waals surface area contributed by atoms with Crippen LogP contribution in [0, 0.1) is 5.82 Å². The van der Waals surface area contributed by atoms with Crippen molar-refractivity contribution in [3.8, 4) is 5.75 Å². The first-order valence-corrected chi connectivity index (χ1v) is 9.44. The summed E-state index contributed by atoms with van der Waals surface area (Å²) in [6.45, 7) is 1.58. The van der Waals surface area contributed by atoms with Gasteiger partial charge in [0.1, 0.15) is 11.6 Å². The van der Waals surface area contributed by atoms with Crippen LogP contribution in [-0.2, 0) is 21.4 Å². The number of nitrogens with one attached hydrogen (secondary N) is 1. The van der Waals surface area contributed by atoms with Crippen LogP contribution in [0.4, 0.5) is 4.39 Å². The number of halogens is 1. The van der Waals surface area contributed by atoms with Crippen molar-refractivity contribution in [2.45, 2.75) is 18.4 Å². The molecule has 0 heterocycles. The van der Waals surface area contributed by atoms with Crippen molar-refractivity contribution in [3.63, 3.8) is 0 Å². The highest BCUT2D eigenvalue weighted by Crippen LogP contribution is 2.15. The molecule has 0 spiro atoms. The predicted molar refractivity (Wildman–Crippen MR) is 95.7 cm³/mol. The second kappa shape index (κ2) is 8.77. The van der Waals surface area contributed by atoms with E-state index in [2.05, 4.69) is 4.72 Å². The third-order valence-electron chi connectivity index (χ3n) is 3.81. The highest BCUT2D eigenvalue weighted by Gasteiger charge is 2.16. The van der Waals surface area contributed by atoms with Crippen LogP contribution in [0.2, 0.25) is 0 Å². The quantitative estimate of drug-likeness (QED) is 0.762. The molecule has 0 radical (unpaired) electrons. The number of hydrogen-bond acceptors (Lipinski definition) is 4. The summed E-state index contributed by atoms with van der Waals surface area (Å²) in [6, 6.07) is 12.1. The number of methoxy groups -OCH3 is 1. The zero-order valence-corrected chi connectivity index (χ0v) is 15.4. The van der Waals surface area contributed by atoms with E-state index in [9.17, 15) is 17.6 Å². The summed E-state index contributed by atoms with van der Waals surface area (Å²) in [5, 5.41) is 0. The zero-order chi connectivity index (χ0) is 19.2. The maximum atomic E-state index is 13.7. The van der Waals surface area contributed by atoms with E-state index >= 15 is 0 Å². The fourth-order valence-electron chi connectivity index (χ4n) is 2.33. The van der Waals surface area contributed by atoms with Crippen molar-refractivity contribution >= 4 is 15.9 Å². The third-order valence-corrected chi connectivity index (χ3v) is 5.28. The van der Waals surface area contributed by atoms with Crippen LogP contribution < -0.4 is 9.46 Å². The fourth-order valence-corrected chi connectivity index (χ4v) is 3.35. The highest BCUT2D eigenvalue weighted by molar-refractivity contribution is 7.89. The van der Waals surface area contributed by atoms with Gasteiger partial charge in [0.2, 0.25) is 15.9 Å². The van der Waals surface area contributed by atoms with E-state index < -0.39 is 15.8 Å². The summed E-state index contributed by atoms with van der Waals surface area (Å²) in [5.41, 5.74) is 0.376. The molecule has 0 aromatic heterocycles. The van der Waals surface area contributed by atoms with Crippen molar-refractivity contribution in [2.24, 2.45) is 0 Å². The summed E-state index contributed by atoms with van der Waals surface area (Å²) in [6.07, 6.45) is 0. The third kappa shape index (κ3) is 5.27. The second-order valence-corrected chi connectivity index (χ2v) is 7.37. The van der Waals surface area contributed by atoms with Crippen molar-refractivity contribution in [1.29, 1.82) is 0 Å². The number of benzene rings is 2. The molecular formula is C18H21FN2O4S. The Labute approximate surface area is 152 Å². The minimum atomic E-state index is -3.71. The molecule has 0 fully saturated rings. The molecule has 0 saturated carbocycles. The lowest BCUT2D eigenvalue weighted by Gasteiger charge is -2.21. The van der Waals surface area contributed by atoms with Crippen LogP contribution in [-0.4, -0.2) is 39.4 Å². The number of carbonyl (C=O) groups is 1. The molecule has 6 nitrogen and oxygen atoms in total. The maximum absolute atomic E-state index is 13.7. The van der Waals surface area contributed by atoms with Gasteiger partial charge in [0.15, 0.2) is 0 Å². The number of rotatable bonds is 8. The minimum absolute atomic E-state index is 0.0163. The zero-order valence-electron chi connectivity index (χ0n) is 14.6. The van der Waals surface area contributed by atoms with Crippen LogP contribution in [0.15, 0.2) is 53.4 Å². The Morgan fingerprint density at radius 3 is 2.38 bits per heavy atom. The molecule has 1 N–H and O–H groups in total. The molecular weight excluding hydrogens is 359 g/mol. The molecule has 0 aliphatic rings. The normalized spacial score (nSPS) is 11.2. The number of amides is 1. The Hall–Kier alpha value is -2.45. The van der Waals surface area contributed by atoms with Gasteiger partial charge < -0.3 is 9.64 Å². The van der Waals surface area contributed by atoms with Crippen LogP contribution >= 0.6 is 0 Å². The molecule has 0 saturated heterocycles. The molecule has 2 rings (SSSR count). The van der Waals surface area contributed by atoms with Crippen LogP contribution in [0.25, 0.3) is 0 Å². The van der Waals surface area contributed by atoms with Crippen LogP contribution in [0.5, 0.6) is 5.75 Å². The second-order valence-electron chi connectivity index (χ2n) is 5.61. The fraction of sp³-hybridized carbons (Fsp3) is 0.278. The smallest absolute Gasteiger partial charge is 0.240 e. The van der Waals surface area contributed by atoms with E-state index in [0.717, 1.165) is 0 Å². The van der Waals surface area contributed by atoms with E-state index in [4.69, 9.17) is 4.74 Å². The van der Waals surface area contributed by atoms with E-state index in [-0.39, 0.29) is 30.4 Å². The lowest BCUT2D eigenvalue weighted by Crippen LogP contribution is -2.37. The molecule has 8 heteroatoms. The molecule has 1 amide bonds. The van der Waals surface area contributed by atoms with Gasteiger partial charge in [-0.1, -0.05) is 18.2 Å². The Morgan fingerprint density at radius 2 is 1.81 bits per heavy atom. The SMILES string of the molecule is COc1ccc(S(=O)(=O)NCCN(Cc2ccccc2F)C(C)=O)cc1. The van der Waals surface area contributed by atoms with Gasteiger partial charge in [-0.3, -0.25) is 4.79 Å². The summed E-state index contributed by atoms with van der Waals surface area (Å²) in [4.78, 5) is 13.3. The molecule has 2 aromatic rings. The lowest BCUT2D eigenvalue weighted by molar-refractivity contribution is -0.129. The minimum Gasteiger partial charge on any atom is -0.497 e. The van der Waals surface area contributed by atoms with Crippen molar-refractivity contribution in [2.75, 3.05) is 20.2 Å². The molecule has 0 aliphatic heterocycles. The largest absolute Gasteiger partial charge is 0.497 e. The van der Waals surface area contributed by atoms with Gasteiger partial charge in [0, 0.05) is 32.1 Å². The topological polar surface area (TPSA) is 75.7 Å². The monoisotopic (exact) mass is 380 g/mol. The average molecular weight is 380 g/mol. The van der Waals surface area contributed by atoms with Crippen molar-refractivity contribution in [3.05, 3.63) is 59.9 Å². The summed E-state index contributed by atoms with van der Waals surface area (Å²) in [5.74, 6) is -0.119. The predicted octanol–water partition coefficient (Wildman–Crippen LogP) is 2.16. The van der Waals surface area contributed by atoms with Gasteiger partial charge in [-0.05, 0) is 30.3 Å². The van der Waals surface area contributed by atoms with Crippen molar-refractivity contribution < 1.29 is 22.3 Å². The molecule has 0 bridgehead atoms. The van der Waals surface area contributed by atoms with Gasteiger partial charge in [0.25, 0.3) is 0 Å². The summed E-state index contributed by atoms with van der Waals surface area (Å²) >= 11 is 0. The number of ether oxygens (including phenoxy) is 1. The van der Waals surface area contributed by atoms with Gasteiger partial charge in [-0.15, -0.1) is 0 Å². The first-order chi connectivity index (χ1) is 12.3. The number of nitrogens with zero attached hydrogens (tertiary/aromatic N) is 1. The molecule has 2 aromatic carbocycles. The van der Waals surface area contributed by atoms with E-state index in [1.54, 1.807) is 30.3 Å². The maximum Gasteiger partial charge on any atom is 0.240 e. The molecule has 140 valence electrons. The Morgan fingerprint density at radius 1 is 1.15 bits per heavy atom. The average Bonchev–Trinajstić information content (AvgIpc) is 2.62. The summed E-state index contributed by atoms with van der Waals surface area (Å²) in [7, 11) is -2.21. The van der Waals surface area contributed by atoms with E-state index in [1.807, 2.05) is 0 Å². The number of hydrogen-bond donors (Lipinski definition) is 1. The summed E-state index contributed by atoms with van der Waals surface area (Å²) < 4.78 is 45.7. The van der Waals surface area contributed by atoms with Gasteiger partial charge in [-0.25, -0.2) is 17.5 Å². The highest BCUT2D eigenvalue weighted by atomic mass is 32.2. The standard InChI is InChI=1S/C18H21FN2O4S/c1-14(22)21(13-15-5-3-4-6-18(15)19)12-11-20-26(23,24)17-9-7-16(25-2)8-10-17/h3-10,20H,11-13H2,1-2H3. The molecule has 26 heavy (non-hydrogen) atoms. The van der Waals surface area contributed by atoms with E-state index in [0.29, 0.717) is 11.3 Å². The Bertz CT molecular complexity index is 854. The molecule has 0 aliphatic carbocycles. The lowest BCUT2D eigenvalue weighted by atomic mass is 10.2. The Kier molecular flexibility index (Phi) is 6.70. The molecule has 0 atom stereocenters.